The van der Waals surface area contributed by atoms with Gasteiger partial charge in [-0.2, -0.15) is 0 Å². The van der Waals surface area contributed by atoms with Crippen molar-refractivity contribution in [2.75, 3.05) is 6.61 Å². The zero-order valence-corrected chi connectivity index (χ0v) is 20.8. The number of nitrogens with zero attached hydrogens (tertiary/aromatic N) is 3. The molecule has 1 amide bonds. The van der Waals surface area contributed by atoms with Gasteiger partial charge in [0.1, 0.15) is 11.6 Å². The van der Waals surface area contributed by atoms with E-state index in [0.717, 1.165) is 48.4 Å². The van der Waals surface area contributed by atoms with Crippen molar-refractivity contribution in [2.24, 2.45) is 0 Å². The van der Waals surface area contributed by atoms with Crippen molar-refractivity contribution in [1.82, 2.24) is 19.9 Å². The molecule has 0 radical (unpaired) electrons. The molecule has 0 aliphatic rings. The minimum absolute atomic E-state index is 0.156. The standard InChI is InChI=1S/C29H34N4O2/c1-4-21(2)23-13-15-25(16-14-23)35-19-8-7-18-33-27-12-6-5-11-26(27)32-28(33)22(3)31-29(34)24-10-9-17-30-20-24/h5-6,9-17,20-22H,4,7-8,18-19H2,1-3H3,(H,31,34). The number of unbranched alkanes of at least 4 members (excludes halogenated alkanes) is 1. The van der Waals surface area contributed by atoms with Crippen LogP contribution in [0.5, 0.6) is 5.75 Å². The third-order valence-electron chi connectivity index (χ3n) is 6.45. The molecule has 0 aliphatic carbocycles. The van der Waals surface area contributed by atoms with Crippen LogP contribution in [0.15, 0.2) is 73.1 Å². The predicted octanol–water partition coefficient (Wildman–Crippen LogP) is 6.30. The number of aromatic nitrogens is 3. The summed E-state index contributed by atoms with van der Waals surface area (Å²) in [5.74, 6) is 2.18. The average Bonchev–Trinajstić information content (AvgIpc) is 3.27. The van der Waals surface area contributed by atoms with E-state index in [9.17, 15) is 4.79 Å². The Labute approximate surface area is 207 Å². The molecule has 4 rings (SSSR count). The SMILES string of the molecule is CCC(C)c1ccc(OCCCCn2c(C(C)NC(=O)c3cccnc3)nc3ccccc32)cc1. The molecule has 0 bridgehead atoms. The molecule has 2 unspecified atom stereocenters. The van der Waals surface area contributed by atoms with Crippen LogP contribution in [-0.4, -0.2) is 27.0 Å². The second-order valence-corrected chi connectivity index (χ2v) is 8.98. The fourth-order valence-electron chi connectivity index (χ4n) is 4.19. The van der Waals surface area contributed by atoms with Gasteiger partial charge in [-0.25, -0.2) is 4.98 Å². The molecule has 6 heteroatoms. The van der Waals surface area contributed by atoms with Crippen LogP contribution >= 0.6 is 0 Å². The maximum Gasteiger partial charge on any atom is 0.253 e. The van der Waals surface area contributed by atoms with Gasteiger partial charge >= 0.3 is 0 Å². The lowest BCUT2D eigenvalue weighted by Gasteiger charge is -2.16. The van der Waals surface area contributed by atoms with Crippen LogP contribution in [0.1, 0.15) is 73.7 Å². The number of hydrogen-bond donors (Lipinski definition) is 1. The van der Waals surface area contributed by atoms with E-state index in [-0.39, 0.29) is 11.9 Å². The third kappa shape index (κ3) is 6.07. The van der Waals surface area contributed by atoms with Gasteiger partial charge in [-0.3, -0.25) is 9.78 Å². The maximum absolute atomic E-state index is 12.7. The molecule has 1 N–H and O–H groups in total. The Bertz CT molecular complexity index is 1230. The van der Waals surface area contributed by atoms with E-state index in [1.807, 2.05) is 25.1 Å². The molecule has 0 fully saturated rings. The Morgan fingerprint density at radius 1 is 1.03 bits per heavy atom. The second kappa shape index (κ2) is 11.6. The van der Waals surface area contributed by atoms with Gasteiger partial charge in [-0.15, -0.1) is 0 Å². The van der Waals surface area contributed by atoms with Crippen molar-refractivity contribution in [2.45, 2.75) is 58.5 Å². The molecule has 182 valence electrons. The molecule has 2 aromatic carbocycles. The molecule has 2 aromatic heterocycles. The normalized spacial score (nSPS) is 12.9. The van der Waals surface area contributed by atoms with E-state index < -0.39 is 0 Å². The smallest absolute Gasteiger partial charge is 0.253 e. The molecule has 2 heterocycles. The Kier molecular flexibility index (Phi) is 8.14. The average molecular weight is 471 g/mol. The van der Waals surface area contributed by atoms with Crippen LogP contribution in [0.25, 0.3) is 11.0 Å². The number of carbonyl (C=O) groups excluding carboxylic acids is 1. The van der Waals surface area contributed by atoms with Crippen molar-refractivity contribution in [3.8, 4) is 5.75 Å². The topological polar surface area (TPSA) is 69.0 Å². The highest BCUT2D eigenvalue weighted by atomic mass is 16.5. The zero-order chi connectivity index (χ0) is 24.6. The van der Waals surface area contributed by atoms with Gasteiger partial charge in [0.15, 0.2) is 0 Å². The number of amides is 1. The van der Waals surface area contributed by atoms with Gasteiger partial charge < -0.3 is 14.6 Å². The summed E-state index contributed by atoms with van der Waals surface area (Å²) in [5.41, 5.74) is 3.90. The molecule has 6 nitrogen and oxygen atoms in total. The van der Waals surface area contributed by atoms with Crippen molar-refractivity contribution >= 4 is 16.9 Å². The first-order valence-electron chi connectivity index (χ1n) is 12.5. The fraction of sp³-hybridized carbons (Fsp3) is 0.345. The first kappa shape index (κ1) is 24.5. The van der Waals surface area contributed by atoms with E-state index >= 15 is 0 Å². The van der Waals surface area contributed by atoms with E-state index in [4.69, 9.17) is 9.72 Å². The Balaban J connectivity index is 1.37. The molecular formula is C29H34N4O2. The Morgan fingerprint density at radius 3 is 2.57 bits per heavy atom. The van der Waals surface area contributed by atoms with Crippen LogP contribution in [0.4, 0.5) is 0 Å². The van der Waals surface area contributed by atoms with Gasteiger partial charge in [0, 0.05) is 18.9 Å². The van der Waals surface area contributed by atoms with Crippen LogP contribution in [0.2, 0.25) is 0 Å². The van der Waals surface area contributed by atoms with Crippen molar-refractivity contribution < 1.29 is 9.53 Å². The number of carbonyl (C=O) groups is 1. The summed E-state index contributed by atoms with van der Waals surface area (Å²) in [6.07, 6.45) is 6.24. The molecule has 0 saturated heterocycles. The van der Waals surface area contributed by atoms with Gasteiger partial charge in [-0.05, 0) is 74.1 Å². The Morgan fingerprint density at radius 2 is 1.83 bits per heavy atom. The summed E-state index contributed by atoms with van der Waals surface area (Å²) in [4.78, 5) is 21.5. The van der Waals surface area contributed by atoms with Gasteiger partial charge in [0.2, 0.25) is 0 Å². The monoisotopic (exact) mass is 470 g/mol. The number of fused-ring (bicyclic) bond motifs is 1. The number of ether oxygens (including phenoxy) is 1. The highest BCUT2D eigenvalue weighted by molar-refractivity contribution is 5.94. The number of pyridine rings is 1. The van der Waals surface area contributed by atoms with E-state index in [1.165, 1.54) is 5.56 Å². The number of hydrogen-bond acceptors (Lipinski definition) is 4. The summed E-state index contributed by atoms with van der Waals surface area (Å²) < 4.78 is 8.19. The van der Waals surface area contributed by atoms with Crippen molar-refractivity contribution in [3.05, 3.63) is 90.0 Å². The summed E-state index contributed by atoms with van der Waals surface area (Å²) in [6.45, 7) is 7.89. The molecule has 0 aliphatic heterocycles. The third-order valence-corrected chi connectivity index (χ3v) is 6.45. The van der Waals surface area contributed by atoms with Gasteiger partial charge in [0.05, 0.1) is 29.2 Å². The fourth-order valence-corrected chi connectivity index (χ4v) is 4.19. The number of nitrogens with one attached hydrogen (secondary N) is 1. The molecule has 2 atom stereocenters. The highest BCUT2D eigenvalue weighted by Gasteiger charge is 2.19. The minimum atomic E-state index is -0.240. The molecular weight excluding hydrogens is 436 g/mol. The lowest BCUT2D eigenvalue weighted by atomic mass is 9.99. The first-order valence-corrected chi connectivity index (χ1v) is 12.5. The number of aryl methyl sites for hydroxylation is 1. The number of rotatable bonds is 11. The van der Waals surface area contributed by atoms with Gasteiger partial charge in [-0.1, -0.05) is 38.1 Å². The van der Waals surface area contributed by atoms with Crippen LogP contribution in [-0.2, 0) is 6.54 Å². The molecule has 4 aromatic rings. The van der Waals surface area contributed by atoms with Crippen LogP contribution < -0.4 is 10.1 Å². The number of para-hydroxylation sites is 2. The molecule has 0 saturated carbocycles. The van der Waals surface area contributed by atoms with E-state index in [0.29, 0.717) is 18.1 Å². The summed E-state index contributed by atoms with van der Waals surface area (Å²) in [7, 11) is 0. The molecule has 0 spiro atoms. The minimum Gasteiger partial charge on any atom is -0.494 e. The molecule has 35 heavy (non-hydrogen) atoms. The van der Waals surface area contributed by atoms with Crippen LogP contribution in [0.3, 0.4) is 0 Å². The summed E-state index contributed by atoms with van der Waals surface area (Å²) >= 11 is 0. The lowest BCUT2D eigenvalue weighted by molar-refractivity contribution is 0.0937. The van der Waals surface area contributed by atoms with Crippen molar-refractivity contribution in [3.63, 3.8) is 0 Å². The summed E-state index contributed by atoms with van der Waals surface area (Å²) in [6, 6.07) is 19.8. The first-order chi connectivity index (χ1) is 17.1. The summed E-state index contributed by atoms with van der Waals surface area (Å²) in [5, 5.41) is 3.07. The van der Waals surface area contributed by atoms with E-state index in [1.54, 1.807) is 24.5 Å². The second-order valence-electron chi connectivity index (χ2n) is 8.98. The largest absolute Gasteiger partial charge is 0.494 e. The zero-order valence-electron chi connectivity index (χ0n) is 20.8. The highest BCUT2D eigenvalue weighted by Crippen LogP contribution is 2.23. The van der Waals surface area contributed by atoms with E-state index in [2.05, 4.69) is 59.0 Å². The predicted molar refractivity (Wildman–Crippen MR) is 140 cm³/mol. The maximum atomic E-state index is 12.7. The van der Waals surface area contributed by atoms with Crippen molar-refractivity contribution in [1.29, 1.82) is 0 Å². The van der Waals surface area contributed by atoms with Crippen LogP contribution in [0, 0.1) is 0 Å². The lowest BCUT2D eigenvalue weighted by Crippen LogP contribution is -2.28. The quantitative estimate of drug-likeness (QED) is 0.261. The number of imidazole rings is 1. The van der Waals surface area contributed by atoms with Gasteiger partial charge in [0.25, 0.3) is 5.91 Å². The Hall–Kier alpha value is -3.67. The number of benzene rings is 2.